The number of hydrogen-bond donors (Lipinski definition) is 2. The van der Waals surface area contributed by atoms with Crippen LogP contribution in [0.2, 0.25) is 0 Å². The summed E-state index contributed by atoms with van der Waals surface area (Å²) in [7, 11) is 0. The van der Waals surface area contributed by atoms with E-state index in [2.05, 4.69) is 20.5 Å². The van der Waals surface area contributed by atoms with Gasteiger partial charge in [0.05, 0.1) is 12.2 Å². The first-order valence-electron chi connectivity index (χ1n) is 6.07. The van der Waals surface area contributed by atoms with E-state index >= 15 is 0 Å². The van der Waals surface area contributed by atoms with E-state index in [4.69, 9.17) is 5.11 Å². The molecule has 2 heterocycles. The van der Waals surface area contributed by atoms with Gasteiger partial charge in [-0.15, -0.1) is 0 Å². The minimum absolute atomic E-state index is 0.152. The standard InChI is InChI=1S/C14H12N4O3/c19-12(20)6-5-10-3-1-7-15-13(10)14(21)16-9-11-4-2-8-17-18-11/h1-8H,9H2,(H,16,21)(H,19,20)/b6-5+. The first-order chi connectivity index (χ1) is 10.2. The number of hydrogen-bond acceptors (Lipinski definition) is 5. The number of carboxylic acid groups (broad SMARTS) is 1. The Bertz CT molecular complexity index is 671. The lowest BCUT2D eigenvalue weighted by Gasteiger charge is -2.06. The van der Waals surface area contributed by atoms with E-state index in [1.54, 1.807) is 30.5 Å². The second-order valence-electron chi connectivity index (χ2n) is 4.01. The summed E-state index contributed by atoms with van der Waals surface area (Å²) in [4.78, 5) is 26.6. The second kappa shape index (κ2) is 6.90. The molecule has 0 spiro atoms. The molecule has 0 saturated carbocycles. The lowest BCUT2D eigenvalue weighted by molar-refractivity contribution is -0.131. The predicted molar refractivity (Wildman–Crippen MR) is 74.1 cm³/mol. The third kappa shape index (κ3) is 4.20. The molecule has 7 nitrogen and oxygen atoms in total. The maximum absolute atomic E-state index is 12.1. The molecule has 0 aliphatic rings. The van der Waals surface area contributed by atoms with Gasteiger partial charge in [-0.2, -0.15) is 10.2 Å². The first-order valence-corrected chi connectivity index (χ1v) is 6.07. The van der Waals surface area contributed by atoms with Crippen molar-refractivity contribution in [1.82, 2.24) is 20.5 Å². The summed E-state index contributed by atoms with van der Waals surface area (Å²) in [6.07, 6.45) is 5.29. The molecule has 2 N–H and O–H groups in total. The van der Waals surface area contributed by atoms with Crippen molar-refractivity contribution in [2.75, 3.05) is 0 Å². The fraction of sp³-hybridized carbons (Fsp3) is 0.0714. The number of amides is 1. The highest BCUT2D eigenvalue weighted by atomic mass is 16.4. The number of aliphatic carboxylic acids is 1. The van der Waals surface area contributed by atoms with Crippen LogP contribution in [0.25, 0.3) is 6.08 Å². The maximum Gasteiger partial charge on any atom is 0.328 e. The number of nitrogens with zero attached hydrogens (tertiary/aromatic N) is 3. The third-order valence-electron chi connectivity index (χ3n) is 2.52. The molecule has 0 bridgehead atoms. The van der Waals surface area contributed by atoms with Crippen LogP contribution >= 0.6 is 0 Å². The van der Waals surface area contributed by atoms with E-state index in [1.807, 2.05) is 0 Å². The van der Waals surface area contributed by atoms with Gasteiger partial charge in [0, 0.05) is 24.0 Å². The average Bonchev–Trinajstić information content (AvgIpc) is 2.52. The van der Waals surface area contributed by atoms with Crippen LogP contribution in [0.15, 0.2) is 42.7 Å². The van der Waals surface area contributed by atoms with E-state index < -0.39 is 11.9 Å². The molecule has 0 aliphatic heterocycles. The first kappa shape index (κ1) is 14.3. The number of pyridine rings is 1. The Morgan fingerprint density at radius 1 is 1.24 bits per heavy atom. The minimum atomic E-state index is -1.09. The molecule has 1 amide bonds. The van der Waals surface area contributed by atoms with Crippen molar-refractivity contribution in [3.8, 4) is 0 Å². The van der Waals surface area contributed by atoms with Crippen molar-refractivity contribution in [2.24, 2.45) is 0 Å². The Balaban J connectivity index is 2.10. The fourth-order valence-corrected chi connectivity index (χ4v) is 1.59. The summed E-state index contributed by atoms with van der Waals surface area (Å²) < 4.78 is 0. The fourth-order valence-electron chi connectivity index (χ4n) is 1.59. The van der Waals surface area contributed by atoms with Gasteiger partial charge in [0.25, 0.3) is 5.91 Å². The van der Waals surface area contributed by atoms with Crippen molar-refractivity contribution in [2.45, 2.75) is 6.54 Å². The van der Waals surface area contributed by atoms with Gasteiger partial charge in [-0.25, -0.2) is 4.79 Å². The second-order valence-corrected chi connectivity index (χ2v) is 4.01. The van der Waals surface area contributed by atoms with Crippen LogP contribution in [0.5, 0.6) is 0 Å². The Morgan fingerprint density at radius 3 is 2.76 bits per heavy atom. The molecule has 2 aromatic heterocycles. The van der Waals surface area contributed by atoms with Gasteiger partial charge < -0.3 is 10.4 Å². The van der Waals surface area contributed by atoms with Crippen LogP contribution in [-0.4, -0.2) is 32.2 Å². The van der Waals surface area contributed by atoms with Crippen molar-refractivity contribution in [3.05, 3.63) is 59.7 Å². The number of aromatic nitrogens is 3. The zero-order chi connectivity index (χ0) is 15.1. The highest BCUT2D eigenvalue weighted by Crippen LogP contribution is 2.08. The van der Waals surface area contributed by atoms with Crippen LogP contribution in [0.1, 0.15) is 21.7 Å². The van der Waals surface area contributed by atoms with Gasteiger partial charge in [-0.3, -0.25) is 9.78 Å². The predicted octanol–water partition coefficient (Wildman–Crippen LogP) is 0.899. The lowest BCUT2D eigenvalue weighted by Crippen LogP contribution is -2.25. The van der Waals surface area contributed by atoms with Gasteiger partial charge in [0.15, 0.2) is 0 Å². The monoisotopic (exact) mass is 284 g/mol. The topological polar surface area (TPSA) is 105 Å². The quantitative estimate of drug-likeness (QED) is 0.790. The molecular weight excluding hydrogens is 272 g/mol. The van der Waals surface area contributed by atoms with Gasteiger partial charge in [-0.05, 0) is 24.3 Å². The van der Waals surface area contributed by atoms with Gasteiger partial charge in [0.2, 0.25) is 0 Å². The summed E-state index contributed by atoms with van der Waals surface area (Å²) in [5, 5.41) is 18.8. The largest absolute Gasteiger partial charge is 0.478 e. The molecule has 21 heavy (non-hydrogen) atoms. The van der Waals surface area contributed by atoms with Crippen LogP contribution < -0.4 is 5.32 Å². The van der Waals surface area contributed by atoms with E-state index in [1.165, 1.54) is 12.3 Å². The maximum atomic E-state index is 12.1. The van der Waals surface area contributed by atoms with Gasteiger partial charge >= 0.3 is 5.97 Å². The molecule has 2 aromatic rings. The van der Waals surface area contributed by atoms with Crippen LogP contribution in [0, 0.1) is 0 Å². The van der Waals surface area contributed by atoms with Crippen LogP contribution in [0.3, 0.4) is 0 Å². The third-order valence-corrected chi connectivity index (χ3v) is 2.52. The summed E-state index contributed by atoms with van der Waals surface area (Å²) >= 11 is 0. The molecule has 7 heteroatoms. The molecule has 0 saturated heterocycles. The zero-order valence-electron chi connectivity index (χ0n) is 10.9. The summed E-state index contributed by atoms with van der Waals surface area (Å²) in [6, 6.07) is 6.69. The van der Waals surface area contributed by atoms with Crippen molar-refractivity contribution >= 4 is 18.0 Å². The highest BCUT2D eigenvalue weighted by Gasteiger charge is 2.11. The highest BCUT2D eigenvalue weighted by molar-refractivity contribution is 5.97. The molecule has 2 rings (SSSR count). The molecule has 0 unspecified atom stereocenters. The minimum Gasteiger partial charge on any atom is -0.478 e. The summed E-state index contributed by atoms with van der Waals surface area (Å²) in [6.45, 7) is 0.214. The Labute approximate surface area is 120 Å². The Hall–Kier alpha value is -3.09. The number of nitrogens with one attached hydrogen (secondary N) is 1. The smallest absolute Gasteiger partial charge is 0.328 e. The van der Waals surface area contributed by atoms with Crippen molar-refractivity contribution in [1.29, 1.82) is 0 Å². The molecule has 0 radical (unpaired) electrons. The number of carbonyl (C=O) groups excluding carboxylic acids is 1. The summed E-state index contributed by atoms with van der Waals surface area (Å²) in [5.41, 5.74) is 1.19. The SMILES string of the molecule is O=C(O)/C=C/c1cccnc1C(=O)NCc1cccnn1. The molecule has 0 aliphatic carbocycles. The van der Waals surface area contributed by atoms with Gasteiger partial charge in [-0.1, -0.05) is 6.07 Å². The molecular formula is C14H12N4O3. The summed E-state index contributed by atoms with van der Waals surface area (Å²) in [5.74, 6) is -1.50. The normalized spacial score (nSPS) is 10.5. The van der Waals surface area contributed by atoms with E-state index in [0.717, 1.165) is 6.08 Å². The Kier molecular flexibility index (Phi) is 4.70. The number of rotatable bonds is 5. The molecule has 0 fully saturated rings. The lowest BCUT2D eigenvalue weighted by atomic mass is 10.1. The van der Waals surface area contributed by atoms with E-state index in [-0.39, 0.29) is 12.2 Å². The van der Waals surface area contributed by atoms with Crippen molar-refractivity contribution in [3.63, 3.8) is 0 Å². The number of carboxylic acids is 1. The van der Waals surface area contributed by atoms with Crippen molar-refractivity contribution < 1.29 is 14.7 Å². The average molecular weight is 284 g/mol. The van der Waals surface area contributed by atoms with Crippen LogP contribution in [-0.2, 0) is 11.3 Å². The molecule has 0 atom stereocenters. The Morgan fingerprint density at radius 2 is 2.05 bits per heavy atom. The van der Waals surface area contributed by atoms with E-state index in [9.17, 15) is 9.59 Å². The van der Waals surface area contributed by atoms with Crippen LogP contribution in [0.4, 0.5) is 0 Å². The molecule has 0 aromatic carbocycles. The van der Waals surface area contributed by atoms with Gasteiger partial charge in [0.1, 0.15) is 5.69 Å². The zero-order valence-corrected chi connectivity index (χ0v) is 10.9. The van der Waals surface area contributed by atoms with E-state index in [0.29, 0.717) is 11.3 Å². The number of carbonyl (C=O) groups is 2. The molecule has 106 valence electrons.